The molecule has 0 radical (unpaired) electrons. The van der Waals surface area contributed by atoms with E-state index in [9.17, 15) is 4.79 Å². The molecule has 2 aromatic rings. The van der Waals surface area contributed by atoms with Gasteiger partial charge in [-0.3, -0.25) is 14.7 Å². The number of nitrogen functional groups attached to an aromatic ring is 1. The summed E-state index contributed by atoms with van der Waals surface area (Å²) >= 11 is 0. The first-order valence-electron chi connectivity index (χ1n) is 6.13. The number of hydrogen-bond donors (Lipinski definition) is 2. The molecule has 0 saturated carbocycles. The summed E-state index contributed by atoms with van der Waals surface area (Å²) in [5, 5.41) is 3.56. The summed E-state index contributed by atoms with van der Waals surface area (Å²) in [6.07, 6.45) is 1.75. The van der Waals surface area contributed by atoms with Gasteiger partial charge in [0.2, 0.25) is 5.91 Å². The zero-order valence-electron chi connectivity index (χ0n) is 11.2. The van der Waals surface area contributed by atoms with E-state index in [1.54, 1.807) is 13.2 Å². The molecule has 5 heteroatoms. The van der Waals surface area contributed by atoms with E-state index >= 15 is 0 Å². The third-order valence-electron chi connectivity index (χ3n) is 3.02. The fourth-order valence-electron chi connectivity index (χ4n) is 2.05. The van der Waals surface area contributed by atoms with Gasteiger partial charge in [-0.1, -0.05) is 6.07 Å². The predicted molar refractivity (Wildman–Crippen MR) is 76.6 cm³/mol. The predicted octanol–water partition coefficient (Wildman–Crippen LogP) is 0.995. The Morgan fingerprint density at radius 2 is 2.21 bits per heavy atom. The standard InChI is InChI=1S/C14H18N4O/c1-16-13(19)9-18(2)8-10-5-6-12(15)11-4-3-7-17-14(10)11/h3-7H,8-9,15H2,1-2H3,(H,16,19). The average molecular weight is 258 g/mol. The lowest BCUT2D eigenvalue weighted by molar-refractivity contribution is -0.121. The number of fused-ring (bicyclic) bond motifs is 1. The summed E-state index contributed by atoms with van der Waals surface area (Å²) in [5.41, 5.74) is 8.62. The molecule has 100 valence electrons. The monoisotopic (exact) mass is 258 g/mol. The van der Waals surface area contributed by atoms with Gasteiger partial charge in [0.05, 0.1) is 12.1 Å². The Morgan fingerprint density at radius 1 is 1.42 bits per heavy atom. The molecule has 0 unspecified atom stereocenters. The molecule has 1 aromatic heterocycles. The van der Waals surface area contributed by atoms with Gasteiger partial charge in [0.15, 0.2) is 0 Å². The van der Waals surface area contributed by atoms with Gasteiger partial charge in [-0.15, -0.1) is 0 Å². The van der Waals surface area contributed by atoms with Crippen molar-refractivity contribution in [1.82, 2.24) is 15.2 Å². The van der Waals surface area contributed by atoms with E-state index in [-0.39, 0.29) is 5.91 Å². The minimum Gasteiger partial charge on any atom is -0.398 e. The number of carbonyl (C=O) groups is 1. The number of rotatable bonds is 4. The molecule has 2 rings (SSSR count). The van der Waals surface area contributed by atoms with Crippen LogP contribution in [0, 0.1) is 0 Å². The molecule has 0 aliphatic carbocycles. The van der Waals surface area contributed by atoms with Crippen LogP contribution in [0.15, 0.2) is 30.5 Å². The quantitative estimate of drug-likeness (QED) is 0.802. The average Bonchev–Trinajstić information content (AvgIpc) is 2.42. The van der Waals surface area contributed by atoms with Crippen LogP contribution in [-0.4, -0.2) is 36.4 Å². The van der Waals surface area contributed by atoms with Crippen molar-refractivity contribution in [3.05, 3.63) is 36.0 Å². The van der Waals surface area contributed by atoms with Crippen LogP contribution in [0.1, 0.15) is 5.56 Å². The molecule has 1 amide bonds. The van der Waals surface area contributed by atoms with E-state index in [1.807, 2.05) is 36.2 Å². The second-order valence-electron chi connectivity index (χ2n) is 4.56. The first kappa shape index (κ1) is 13.3. The summed E-state index contributed by atoms with van der Waals surface area (Å²) < 4.78 is 0. The molecule has 1 heterocycles. The molecule has 19 heavy (non-hydrogen) atoms. The smallest absolute Gasteiger partial charge is 0.233 e. The van der Waals surface area contributed by atoms with Crippen molar-refractivity contribution in [3.63, 3.8) is 0 Å². The fraction of sp³-hybridized carbons (Fsp3) is 0.286. The molecule has 1 aromatic carbocycles. The number of nitrogens with two attached hydrogens (primary N) is 1. The minimum absolute atomic E-state index is 0.00444. The fourth-order valence-corrected chi connectivity index (χ4v) is 2.05. The van der Waals surface area contributed by atoms with Crippen molar-refractivity contribution in [3.8, 4) is 0 Å². The number of likely N-dealkylation sites (N-methyl/N-ethyl adjacent to an activating group) is 2. The lowest BCUT2D eigenvalue weighted by Gasteiger charge is -2.17. The number of carbonyl (C=O) groups excluding carboxylic acids is 1. The highest BCUT2D eigenvalue weighted by atomic mass is 16.1. The van der Waals surface area contributed by atoms with Crippen molar-refractivity contribution in [2.75, 3.05) is 26.4 Å². The summed E-state index contributed by atoms with van der Waals surface area (Å²) in [7, 11) is 3.54. The number of nitrogens with one attached hydrogen (secondary N) is 1. The maximum atomic E-state index is 11.3. The van der Waals surface area contributed by atoms with Gasteiger partial charge in [-0.05, 0) is 30.8 Å². The maximum Gasteiger partial charge on any atom is 0.233 e. The van der Waals surface area contributed by atoms with Crippen LogP contribution < -0.4 is 11.1 Å². The van der Waals surface area contributed by atoms with E-state index in [0.29, 0.717) is 13.1 Å². The highest BCUT2D eigenvalue weighted by Crippen LogP contribution is 2.23. The number of amides is 1. The Kier molecular flexibility index (Phi) is 3.97. The van der Waals surface area contributed by atoms with Crippen LogP contribution >= 0.6 is 0 Å². The zero-order chi connectivity index (χ0) is 13.8. The van der Waals surface area contributed by atoms with Gasteiger partial charge >= 0.3 is 0 Å². The number of anilines is 1. The summed E-state index contributed by atoms with van der Waals surface area (Å²) in [6, 6.07) is 7.68. The molecular weight excluding hydrogens is 240 g/mol. The number of pyridine rings is 1. The van der Waals surface area contributed by atoms with Gasteiger partial charge in [0.1, 0.15) is 0 Å². The highest BCUT2D eigenvalue weighted by Gasteiger charge is 2.09. The molecule has 0 fully saturated rings. The van der Waals surface area contributed by atoms with Crippen LogP contribution in [0.4, 0.5) is 5.69 Å². The first-order chi connectivity index (χ1) is 9.11. The Bertz CT molecular complexity index is 597. The maximum absolute atomic E-state index is 11.3. The topological polar surface area (TPSA) is 71.2 Å². The number of nitrogens with zero attached hydrogens (tertiary/aromatic N) is 2. The van der Waals surface area contributed by atoms with Crippen LogP contribution in [-0.2, 0) is 11.3 Å². The van der Waals surface area contributed by atoms with Crippen molar-refractivity contribution < 1.29 is 4.79 Å². The van der Waals surface area contributed by atoms with Gasteiger partial charge < -0.3 is 11.1 Å². The third-order valence-corrected chi connectivity index (χ3v) is 3.02. The second kappa shape index (κ2) is 5.67. The number of benzene rings is 1. The van der Waals surface area contributed by atoms with Crippen molar-refractivity contribution in [2.24, 2.45) is 0 Å². The van der Waals surface area contributed by atoms with Crippen LogP contribution in [0.3, 0.4) is 0 Å². The third kappa shape index (κ3) is 3.00. The molecule has 5 nitrogen and oxygen atoms in total. The molecular formula is C14H18N4O. The number of aromatic nitrogens is 1. The first-order valence-corrected chi connectivity index (χ1v) is 6.13. The molecule has 0 aliphatic rings. The van der Waals surface area contributed by atoms with E-state index in [2.05, 4.69) is 10.3 Å². The second-order valence-corrected chi connectivity index (χ2v) is 4.56. The van der Waals surface area contributed by atoms with E-state index in [4.69, 9.17) is 5.73 Å². The van der Waals surface area contributed by atoms with Gasteiger partial charge in [-0.25, -0.2) is 0 Å². The Balaban J connectivity index is 2.26. The van der Waals surface area contributed by atoms with Gasteiger partial charge in [0, 0.05) is 30.9 Å². The van der Waals surface area contributed by atoms with E-state index in [1.165, 1.54) is 0 Å². The Labute approximate surface area is 112 Å². The molecule has 0 spiro atoms. The van der Waals surface area contributed by atoms with Crippen molar-refractivity contribution in [1.29, 1.82) is 0 Å². The summed E-state index contributed by atoms with van der Waals surface area (Å²) in [6.45, 7) is 1.01. The lowest BCUT2D eigenvalue weighted by Crippen LogP contribution is -2.32. The molecule has 0 bridgehead atoms. The van der Waals surface area contributed by atoms with Crippen LogP contribution in [0.5, 0.6) is 0 Å². The van der Waals surface area contributed by atoms with Gasteiger partial charge in [-0.2, -0.15) is 0 Å². The SMILES string of the molecule is CNC(=O)CN(C)Cc1ccc(N)c2cccnc12. The van der Waals surface area contributed by atoms with Crippen LogP contribution in [0.25, 0.3) is 10.9 Å². The lowest BCUT2D eigenvalue weighted by atomic mass is 10.1. The molecule has 0 atom stereocenters. The Hall–Kier alpha value is -2.14. The molecule has 3 N–H and O–H groups in total. The summed E-state index contributed by atoms with van der Waals surface area (Å²) in [5.74, 6) is -0.00444. The van der Waals surface area contributed by atoms with Crippen LogP contribution in [0.2, 0.25) is 0 Å². The number of hydrogen-bond acceptors (Lipinski definition) is 4. The minimum atomic E-state index is -0.00444. The van der Waals surface area contributed by atoms with E-state index in [0.717, 1.165) is 22.2 Å². The largest absolute Gasteiger partial charge is 0.398 e. The van der Waals surface area contributed by atoms with E-state index < -0.39 is 0 Å². The van der Waals surface area contributed by atoms with Gasteiger partial charge in [0.25, 0.3) is 0 Å². The Morgan fingerprint density at radius 3 is 2.95 bits per heavy atom. The summed E-state index contributed by atoms with van der Waals surface area (Å²) in [4.78, 5) is 17.7. The van der Waals surface area contributed by atoms with Crippen molar-refractivity contribution in [2.45, 2.75) is 6.54 Å². The zero-order valence-corrected chi connectivity index (χ0v) is 11.2. The normalized spacial score (nSPS) is 10.9. The highest BCUT2D eigenvalue weighted by molar-refractivity contribution is 5.92. The molecule has 0 aliphatic heterocycles. The molecule has 0 saturated heterocycles. The van der Waals surface area contributed by atoms with Crippen molar-refractivity contribution >= 4 is 22.5 Å².